The van der Waals surface area contributed by atoms with Gasteiger partial charge in [-0.2, -0.15) is 0 Å². The molecule has 22 heavy (non-hydrogen) atoms. The van der Waals surface area contributed by atoms with E-state index in [9.17, 15) is 9.59 Å². The number of ether oxygens (including phenoxy) is 1. The minimum absolute atomic E-state index is 0.0178. The smallest absolute Gasteiger partial charge is 0.316 e. The zero-order valence-corrected chi connectivity index (χ0v) is 13.6. The van der Waals surface area contributed by atoms with Gasteiger partial charge in [-0.15, -0.1) is 11.8 Å². The van der Waals surface area contributed by atoms with Crippen LogP contribution >= 0.6 is 11.8 Å². The van der Waals surface area contributed by atoms with Crippen molar-refractivity contribution in [1.29, 1.82) is 0 Å². The van der Waals surface area contributed by atoms with Crippen LogP contribution in [0.1, 0.15) is 30.6 Å². The number of nitrogens with zero attached hydrogens (tertiary/aromatic N) is 1. The highest BCUT2D eigenvalue weighted by Gasteiger charge is 2.24. The zero-order chi connectivity index (χ0) is 16.1. The Hall–Kier alpha value is -1.53. The molecule has 2 unspecified atom stereocenters. The summed E-state index contributed by atoms with van der Waals surface area (Å²) in [5.74, 6) is -0.943. The predicted molar refractivity (Wildman–Crippen MR) is 85.3 cm³/mol. The number of hydrogen-bond donors (Lipinski definition) is 1. The maximum atomic E-state index is 12.8. The van der Waals surface area contributed by atoms with Gasteiger partial charge in [0.1, 0.15) is 5.25 Å². The van der Waals surface area contributed by atoms with E-state index >= 15 is 0 Å². The number of carbonyl (C=O) groups excluding carboxylic acids is 1. The molecule has 1 heterocycles. The van der Waals surface area contributed by atoms with Gasteiger partial charge in [0.15, 0.2) is 0 Å². The Labute approximate surface area is 134 Å². The lowest BCUT2D eigenvalue weighted by Crippen LogP contribution is -2.36. The van der Waals surface area contributed by atoms with Crippen LogP contribution in [0, 0.1) is 0 Å². The summed E-state index contributed by atoms with van der Waals surface area (Å²) in [6, 6.07) is 7.19. The molecule has 2 atom stereocenters. The van der Waals surface area contributed by atoms with Crippen LogP contribution in [0.15, 0.2) is 29.2 Å². The molecule has 0 aromatic heterocycles. The van der Waals surface area contributed by atoms with E-state index in [1.54, 1.807) is 30.0 Å². The predicted octanol–water partition coefficient (Wildman–Crippen LogP) is 2.50. The van der Waals surface area contributed by atoms with Gasteiger partial charge in [-0.25, -0.2) is 0 Å². The third-order valence-electron chi connectivity index (χ3n) is 3.51. The largest absolute Gasteiger partial charge is 0.480 e. The first kappa shape index (κ1) is 16.8. The molecule has 2 rings (SSSR count). The number of thioether (sulfide) groups is 1. The zero-order valence-electron chi connectivity index (χ0n) is 12.8. The van der Waals surface area contributed by atoms with Gasteiger partial charge in [-0.05, 0) is 32.4 Å². The van der Waals surface area contributed by atoms with Crippen LogP contribution in [-0.4, -0.2) is 52.9 Å². The SMILES string of the molecule is CC1CN(C(=O)c2ccccc2SC(C)C(=O)O)CCCO1. The van der Waals surface area contributed by atoms with Crippen LogP contribution in [0.2, 0.25) is 0 Å². The molecular formula is C16H21NO4S. The lowest BCUT2D eigenvalue weighted by atomic mass is 10.2. The minimum atomic E-state index is -0.885. The number of benzene rings is 1. The van der Waals surface area contributed by atoms with Crippen molar-refractivity contribution in [2.45, 2.75) is 36.5 Å². The summed E-state index contributed by atoms with van der Waals surface area (Å²) >= 11 is 1.20. The molecule has 1 aromatic rings. The Balaban J connectivity index is 2.20. The third kappa shape index (κ3) is 4.24. The first-order valence-corrected chi connectivity index (χ1v) is 8.26. The van der Waals surface area contributed by atoms with Gasteiger partial charge in [0.05, 0.1) is 11.7 Å². The highest BCUT2D eigenvalue weighted by Crippen LogP contribution is 2.28. The minimum Gasteiger partial charge on any atom is -0.480 e. The fourth-order valence-electron chi connectivity index (χ4n) is 2.34. The first-order valence-electron chi connectivity index (χ1n) is 7.38. The van der Waals surface area contributed by atoms with Crippen molar-refractivity contribution in [2.24, 2.45) is 0 Å². The van der Waals surface area contributed by atoms with E-state index in [4.69, 9.17) is 9.84 Å². The van der Waals surface area contributed by atoms with Crippen molar-refractivity contribution in [2.75, 3.05) is 19.7 Å². The fraction of sp³-hybridized carbons (Fsp3) is 0.500. The van der Waals surface area contributed by atoms with Gasteiger partial charge in [0, 0.05) is 24.6 Å². The Morgan fingerprint density at radius 3 is 2.86 bits per heavy atom. The fourth-order valence-corrected chi connectivity index (χ4v) is 3.26. The number of hydrogen-bond acceptors (Lipinski definition) is 4. The van der Waals surface area contributed by atoms with Gasteiger partial charge in [-0.1, -0.05) is 12.1 Å². The van der Waals surface area contributed by atoms with E-state index < -0.39 is 11.2 Å². The lowest BCUT2D eigenvalue weighted by Gasteiger charge is -2.23. The van der Waals surface area contributed by atoms with Gasteiger partial charge in [-0.3, -0.25) is 9.59 Å². The lowest BCUT2D eigenvalue weighted by molar-refractivity contribution is -0.136. The van der Waals surface area contributed by atoms with E-state index in [0.29, 0.717) is 30.2 Å². The Kier molecular flexibility index (Phi) is 5.85. The highest BCUT2D eigenvalue weighted by molar-refractivity contribution is 8.00. The van der Waals surface area contributed by atoms with Gasteiger partial charge in [0.2, 0.25) is 0 Å². The number of carboxylic acid groups (broad SMARTS) is 1. The maximum absolute atomic E-state index is 12.8. The molecule has 1 N–H and O–H groups in total. The van der Waals surface area contributed by atoms with Crippen molar-refractivity contribution in [3.63, 3.8) is 0 Å². The Morgan fingerprint density at radius 2 is 2.14 bits per heavy atom. The van der Waals surface area contributed by atoms with Crippen LogP contribution in [0.3, 0.4) is 0 Å². The molecule has 120 valence electrons. The summed E-state index contributed by atoms with van der Waals surface area (Å²) in [4.78, 5) is 26.3. The molecule has 1 fully saturated rings. The molecule has 1 amide bonds. The Morgan fingerprint density at radius 1 is 1.41 bits per heavy atom. The van der Waals surface area contributed by atoms with Crippen LogP contribution in [-0.2, 0) is 9.53 Å². The molecular weight excluding hydrogens is 302 g/mol. The third-order valence-corrected chi connectivity index (χ3v) is 4.67. The van der Waals surface area contributed by atoms with Crippen molar-refractivity contribution < 1.29 is 19.4 Å². The molecule has 0 spiro atoms. The molecule has 1 aromatic carbocycles. The monoisotopic (exact) mass is 323 g/mol. The van der Waals surface area contributed by atoms with Crippen molar-refractivity contribution in [1.82, 2.24) is 4.90 Å². The second kappa shape index (κ2) is 7.65. The van der Waals surface area contributed by atoms with Crippen molar-refractivity contribution >= 4 is 23.6 Å². The quantitative estimate of drug-likeness (QED) is 0.862. The average Bonchev–Trinajstić information content (AvgIpc) is 2.71. The molecule has 1 aliphatic rings. The average molecular weight is 323 g/mol. The van der Waals surface area contributed by atoms with E-state index in [-0.39, 0.29) is 12.0 Å². The summed E-state index contributed by atoms with van der Waals surface area (Å²) in [5, 5.41) is 8.46. The number of amides is 1. The topological polar surface area (TPSA) is 66.8 Å². The molecule has 0 bridgehead atoms. The molecule has 6 heteroatoms. The highest BCUT2D eigenvalue weighted by atomic mass is 32.2. The molecule has 5 nitrogen and oxygen atoms in total. The van der Waals surface area contributed by atoms with Crippen molar-refractivity contribution in [3.05, 3.63) is 29.8 Å². The number of rotatable bonds is 4. The van der Waals surface area contributed by atoms with Crippen LogP contribution in [0.5, 0.6) is 0 Å². The number of carboxylic acids is 1. The first-order chi connectivity index (χ1) is 10.5. The summed E-state index contributed by atoms with van der Waals surface area (Å²) in [6.45, 7) is 5.47. The standard InChI is InChI=1S/C16H21NO4S/c1-11-10-17(8-5-9-21-11)15(18)13-6-3-4-7-14(13)22-12(2)16(19)20/h3-4,6-7,11-12H,5,8-10H2,1-2H3,(H,19,20). The van der Waals surface area contributed by atoms with E-state index in [2.05, 4.69) is 0 Å². The van der Waals surface area contributed by atoms with Crippen LogP contribution in [0.4, 0.5) is 0 Å². The van der Waals surface area contributed by atoms with Gasteiger partial charge in [0.25, 0.3) is 5.91 Å². The summed E-state index contributed by atoms with van der Waals surface area (Å²) < 4.78 is 5.57. The van der Waals surface area contributed by atoms with Crippen LogP contribution in [0.25, 0.3) is 0 Å². The maximum Gasteiger partial charge on any atom is 0.316 e. The molecule has 1 aliphatic heterocycles. The second-order valence-corrected chi connectivity index (χ2v) is 6.76. The summed E-state index contributed by atoms with van der Waals surface area (Å²) in [5.41, 5.74) is 0.565. The molecule has 0 aliphatic carbocycles. The normalized spacial score (nSPS) is 20.3. The van der Waals surface area contributed by atoms with E-state index in [1.807, 2.05) is 13.0 Å². The Bertz CT molecular complexity index is 549. The molecule has 0 radical (unpaired) electrons. The molecule has 0 saturated carbocycles. The van der Waals surface area contributed by atoms with Crippen molar-refractivity contribution in [3.8, 4) is 0 Å². The summed E-state index contributed by atoms with van der Waals surface area (Å²) in [7, 11) is 0. The van der Waals surface area contributed by atoms with Gasteiger partial charge < -0.3 is 14.7 Å². The number of carbonyl (C=O) groups is 2. The van der Waals surface area contributed by atoms with E-state index in [1.165, 1.54) is 11.8 Å². The number of aliphatic carboxylic acids is 1. The van der Waals surface area contributed by atoms with Crippen LogP contribution < -0.4 is 0 Å². The second-order valence-electron chi connectivity index (χ2n) is 5.38. The summed E-state index contributed by atoms with van der Waals surface area (Å²) in [6.07, 6.45) is 0.834. The molecule has 1 saturated heterocycles. The van der Waals surface area contributed by atoms with Gasteiger partial charge >= 0.3 is 5.97 Å². The van der Waals surface area contributed by atoms with E-state index in [0.717, 1.165) is 6.42 Å².